The van der Waals surface area contributed by atoms with E-state index in [0.717, 1.165) is 5.82 Å². The second kappa shape index (κ2) is 4.19. The third-order valence-electron chi connectivity index (χ3n) is 2.27. The van der Waals surface area contributed by atoms with Gasteiger partial charge in [-0.1, -0.05) is 0 Å². The van der Waals surface area contributed by atoms with Gasteiger partial charge in [-0.25, -0.2) is 10.8 Å². The van der Waals surface area contributed by atoms with Gasteiger partial charge in [-0.05, 0) is 19.1 Å². The summed E-state index contributed by atoms with van der Waals surface area (Å²) >= 11 is 0. The van der Waals surface area contributed by atoms with Crippen LogP contribution in [0.4, 0.5) is 0 Å². The van der Waals surface area contributed by atoms with E-state index in [1.807, 2.05) is 23.1 Å². The molecule has 1 amide bonds. The number of nitrogen functional groups attached to an aromatic ring is 1. The maximum Gasteiger partial charge on any atom is 0.300 e. The molecule has 0 saturated carbocycles. The summed E-state index contributed by atoms with van der Waals surface area (Å²) in [6, 6.07) is 3.33. The Morgan fingerprint density at radius 1 is 1.62 bits per heavy atom. The van der Waals surface area contributed by atoms with Crippen LogP contribution in [0.2, 0.25) is 0 Å². The third kappa shape index (κ3) is 1.96. The van der Waals surface area contributed by atoms with Crippen molar-refractivity contribution in [2.75, 3.05) is 0 Å². The van der Waals surface area contributed by atoms with Crippen molar-refractivity contribution >= 4 is 5.91 Å². The second-order valence-corrected chi connectivity index (χ2v) is 3.34. The zero-order chi connectivity index (χ0) is 11.5. The number of imidazole rings is 1. The maximum atomic E-state index is 11.1. The molecule has 0 aromatic carbocycles. The highest BCUT2D eigenvalue weighted by Gasteiger charge is 2.10. The van der Waals surface area contributed by atoms with Gasteiger partial charge in [0.2, 0.25) is 0 Å². The smallest absolute Gasteiger partial charge is 0.300 e. The Bertz CT molecular complexity index is 500. The molecule has 84 valence electrons. The van der Waals surface area contributed by atoms with Crippen LogP contribution in [0.1, 0.15) is 22.1 Å². The molecule has 0 spiro atoms. The Labute approximate surface area is 92.0 Å². The Morgan fingerprint density at radius 3 is 3.06 bits per heavy atom. The lowest BCUT2D eigenvalue weighted by Gasteiger charge is -2.01. The molecule has 2 aromatic rings. The predicted octanol–water partition coefficient (Wildman–Crippen LogP) is 0.436. The number of rotatable bonds is 3. The maximum absolute atomic E-state index is 11.1. The van der Waals surface area contributed by atoms with Crippen LogP contribution in [0, 0.1) is 6.92 Å². The largest absolute Gasteiger partial charge is 0.454 e. The van der Waals surface area contributed by atoms with Gasteiger partial charge in [0.05, 0.1) is 6.54 Å². The summed E-state index contributed by atoms with van der Waals surface area (Å²) in [5.41, 5.74) is 2.01. The number of amides is 1. The van der Waals surface area contributed by atoms with Crippen molar-refractivity contribution in [2.45, 2.75) is 13.5 Å². The third-order valence-corrected chi connectivity index (χ3v) is 2.27. The highest BCUT2D eigenvalue weighted by atomic mass is 16.4. The first-order chi connectivity index (χ1) is 7.70. The molecule has 0 aliphatic carbocycles. The Hall–Kier alpha value is -2.08. The highest BCUT2D eigenvalue weighted by Crippen LogP contribution is 2.10. The molecule has 0 aliphatic rings. The first kappa shape index (κ1) is 10.4. The first-order valence-corrected chi connectivity index (χ1v) is 4.78. The second-order valence-electron chi connectivity index (χ2n) is 3.34. The van der Waals surface area contributed by atoms with Crippen LogP contribution in [0.5, 0.6) is 0 Å². The number of nitrogens with zero attached hydrogens (tertiary/aromatic N) is 2. The first-order valence-electron chi connectivity index (χ1n) is 4.78. The van der Waals surface area contributed by atoms with Crippen molar-refractivity contribution < 1.29 is 9.21 Å². The molecule has 0 aliphatic heterocycles. The SMILES string of the molecule is Cc1nccn1Cc1ccc(C(=O)NN)o1. The minimum Gasteiger partial charge on any atom is -0.454 e. The van der Waals surface area contributed by atoms with Gasteiger partial charge in [-0.15, -0.1) is 0 Å². The van der Waals surface area contributed by atoms with E-state index in [2.05, 4.69) is 4.98 Å². The molecule has 0 atom stereocenters. The van der Waals surface area contributed by atoms with E-state index in [1.165, 1.54) is 0 Å². The van der Waals surface area contributed by atoms with Crippen molar-refractivity contribution in [1.29, 1.82) is 0 Å². The number of carbonyl (C=O) groups is 1. The minimum atomic E-state index is -0.436. The average Bonchev–Trinajstić information content (AvgIpc) is 2.89. The van der Waals surface area contributed by atoms with Crippen LogP contribution in [0.25, 0.3) is 0 Å². The molecule has 2 heterocycles. The van der Waals surface area contributed by atoms with Crippen molar-refractivity contribution in [2.24, 2.45) is 5.84 Å². The van der Waals surface area contributed by atoms with Crippen molar-refractivity contribution in [3.05, 3.63) is 41.9 Å². The summed E-state index contributed by atoms with van der Waals surface area (Å²) in [6.45, 7) is 2.44. The van der Waals surface area contributed by atoms with Gasteiger partial charge in [-0.2, -0.15) is 0 Å². The molecule has 0 unspecified atom stereocenters. The molecule has 0 bridgehead atoms. The lowest BCUT2D eigenvalue weighted by Crippen LogP contribution is -2.29. The van der Waals surface area contributed by atoms with E-state index in [4.69, 9.17) is 10.3 Å². The van der Waals surface area contributed by atoms with Gasteiger partial charge >= 0.3 is 5.91 Å². The van der Waals surface area contributed by atoms with Gasteiger partial charge in [-0.3, -0.25) is 10.2 Å². The van der Waals surface area contributed by atoms with Crippen LogP contribution in [-0.2, 0) is 6.54 Å². The van der Waals surface area contributed by atoms with Gasteiger partial charge < -0.3 is 8.98 Å². The zero-order valence-corrected chi connectivity index (χ0v) is 8.80. The number of nitrogens with one attached hydrogen (secondary N) is 1. The molecule has 0 radical (unpaired) electrons. The van der Waals surface area contributed by atoms with Crippen molar-refractivity contribution in [1.82, 2.24) is 15.0 Å². The number of carbonyl (C=O) groups excluding carboxylic acids is 1. The van der Waals surface area contributed by atoms with E-state index in [1.54, 1.807) is 18.3 Å². The molecule has 0 fully saturated rings. The standard InChI is InChI=1S/C10H12N4O2/c1-7-12-4-5-14(7)6-8-2-3-9(16-8)10(15)13-11/h2-5H,6,11H2,1H3,(H,13,15). The molecule has 2 aromatic heterocycles. The number of hydrogen-bond donors (Lipinski definition) is 2. The van der Waals surface area contributed by atoms with Crippen molar-refractivity contribution in [3.8, 4) is 0 Å². The lowest BCUT2D eigenvalue weighted by molar-refractivity contribution is 0.0924. The summed E-state index contributed by atoms with van der Waals surface area (Å²) in [5.74, 6) is 6.34. The molecule has 0 saturated heterocycles. The van der Waals surface area contributed by atoms with E-state index in [0.29, 0.717) is 12.3 Å². The summed E-state index contributed by atoms with van der Waals surface area (Å²) in [7, 11) is 0. The number of furan rings is 1. The fourth-order valence-electron chi connectivity index (χ4n) is 1.39. The Kier molecular flexibility index (Phi) is 2.74. The molecule has 2 rings (SSSR count). The van der Waals surface area contributed by atoms with E-state index in [-0.39, 0.29) is 5.76 Å². The molecule has 6 heteroatoms. The van der Waals surface area contributed by atoms with Gasteiger partial charge in [0.1, 0.15) is 11.6 Å². The normalized spacial score (nSPS) is 10.4. The van der Waals surface area contributed by atoms with Crippen LogP contribution in [-0.4, -0.2) is 15.5 Å². The Morgan fingerprint density at radius 2 is 2.44 bits per heavy atom. The monoisotopic (exact) mass is 220 g/mol. The van der Waals surface area contributed by atoms with Crippen LogP contribution >= 0.6 is 0 Å². The highest BCUT2D eigenvalue weighted by molar-refractivity contribution is 5.90. The van der Waals surface area contributed by atoms with Crippen LogP contribution in [0.15, 0.2) is 28.9 Å². The van der Waals surface area contributed by atoms with Crippen LogP contribution < -0.4 is 11.3 Å². The fraction of sp³-hybridized carbons (Fsp3) is 0.200. The van der Waals surface area contributed by atoms with E-state index in [9.17, 15) is 4.79 Å². The van der Waals surface area contributed by atoms with Gasteiger partial charge in [0.25, 0.3) is 0 Å². The molecular weight excluding hydrogens is 208 g/mol. The quantitative estimate of drug-likeness (QED) is 0.446. The minimum absolute atomic E-state index is 0.204. The van der Waals surface area contributed by atoms with Crippen molar-refractivity contribution in [3.63, 3.8) is 0 Å². The summed E-state index contributed by atoms with van der Waals surface area (Å²) in [4.78, 5) is 15.2. The number of aryl methyl sites for hydroxylation is 1. The number of hydrogen-bond acceptors (Lipinski definition) is 4. The molecular formula is C10H12N4O2. The van der Waals surface area contributed by atoms with Gasteiger partial charge in [0, 0.05) is 12.4 Å². The lowest BCUT2D eigenvalue weighted by atomic mass is 10.4. The molecule has 3 N–H and O–H groups in total. The van der Waals surface area contributed by atoms with Gasteiger partial charge in [0.15, 0.2) is 5.76 Å². The predicted molar refractivity (Wildman–Crippen MR) is 56.4 cm³/mol. The number of nitrogens with two attached hydrogens (primary N) is 1. The summed E-state index contributed by atoms with van der Waals surface area (Å²) in [6.07, 6.45) is 3.56. The van der Waals surface area contributed by atoms with E-state index < -0.39 is 5.91 Å². The number of aromatic nitrogens is 2. The Balaban J connectivity index is 2.14. The molecule has 16 heavy (non-hydrogen) atoms. The summed E-state index contributed by atoms with van der Waals surface area (Å²) in [5, 5.41) is 0. The molecule has 6 nitrogen and oxygen atoms in total. The number of hydrazine groups is 1. The zero-order valence-electron chi connectivity index (χ0n) is 8.80. The van der Waals surface area contributed by atoms with Crippen LogP contribution in [0.3, 0.4) is 0 Å². The average molecular weight is 220 g/mol. The van der Waals surface area contributed by atoms with E-state index >= 15 is 0 Å². The fourth-order valence-corrected chi connectivity index (χ4v) is 1.39. The summed E-state index contributed by atoms with van der Waals surface area (Å²) < 4.78 is 7.24. The topological polar surface area (TPSA) is 86.1 Å².